The van der Waals surface area contributed by atoms with Gasteiger partial charge in [0.05, 0.1) is 11.4 Å². The summed E-state index contributed by atoms with van der Waals surface area (Å²) >= 11 is 0. The first kappa shape index (κ1) is 13.2. The number of amides is 1. The Hall–Kier alpha value is -2.76. The van der Waals surface area contributed by atoms with Gasteiger partial charge in [-0.2, -0.15) is 10.2 Å². The molecule has 0 saturated carbocycles. The minimum atomic E-state index is -0.225. The number of benzene rings is 1. The second-order valence-corrected chi connectivity index (χ2v) is 5.02. The molecule has 1 amide bonds. The maximum atomic E-state index is 11.3. The molecule has 0 radical (unpaired) electrons. The number of rotatable bonds is 2. The van der Waals surface area contributed by atoms with Gasteiger partial charge in [0.15, 0.2) is 0 Å². The second-order valence-electron chi connectivity index (χ2n) is 5.02. The lowest BCUT2D eigenvalue weighted by Crippen LogP contribution is -2.31. The van der Waals surface area contributed by atoms with Gasteiger partial charge in [-0.1, -0.05) is 31.2 Å². The van der Waals surface area contributed by atoms with E-state index in [-0.39, 0.29) is 17.4 Å². The molecule has 2 N–H and O–H groups in total. The van der Waals surface area contributed by atoms with E-state index >= 15 is 0 Å². The molecular formula is C15H14N4O2. The van der Waals surface area contributed by atoms with Crippen LogP contribution in [0.5, 0.6) is 0 Å². The molecule has 3 rings (SSSR count). The van der Waals surface area contributed by atoms with Gasteiger partial charge in [0, 0.05) is 24.0 Å². The fourth-order valence-electron chi connectivity index (χ4n) is 2.32. The van der Waals surface area contributed by atoms with Crippen LogP contribution in [0, 0.1) is 5.92 Å². The number of aromatic nitrogens is 2. The van der Waals surface area contributed by atoms with Crippen LogP contribution in [0.1, 0.15) is 18.9 Å². The summed E-state index contributed by atoms with van der Waals surface area (Å²) in [5.74, 6) is 0.0381. The molecule has 2 aromatic rings. The lowest BCUT2D eigenvalue weighted by molar-refractivity contribution is -0.121. The average Bonchev–Trinajstić information content (AvgIpc) is 2.48. The third-order valence-electron chi connectivity index (χ3n) is 3.41. The fourth-order valence-corrected chi connectivity index (χ4v) is 2.32. The van der Waals surface area contributed by atoms with Gasteiger partial charge in [0.2, 0.25) is 5.91 Å². The molecule has 1 aromatic heterocycles. The van der Waals surface area contributed by atoms with Crippen LogP contribution in [0.15, 0.2) is 46.3 Å². The molecule has 0 aliphatic carbocycles. The Labute approximate surface area is 120 Å². The monoisotopic (exact) mass is 282 g/mol. The Morgan fingerprint density at radius 3 is 2.38 bits per heavy atom. The zero-order valence-electron chi connectivity index (χ0n) is 11.5. The van der Waals surface area contributed by atoms with Crippen LogP contribution < -0.4 is 11.0 Å². The van der Waals surface area contributed by atoms with Crippen LogP contribution in [0.3, 0.4) is 0 Å². The number of carbonyl (C=O) groups excluding carboxylic acids is 1. The van der Waals surface area contributed by atoms with Gasteiger partial charge >= 0.3 is 0 Å². The van der Waals surface area contributed by atoms with E-state index in [1.54, 1.807) is 6.07 Å². The molecule has 1 atom stereocenters. The summed E-state index contributed by atoms with van der Waals surface area (Å²) in [7, 11) is 0. The smallest absolute Gasteiger partial charge is 0.264 e. The topological polar surface area (TPSA) is 87.2 Å². The normalized spacial score (nSPS) is 18.0. The Balaban J connectivity index is 1.89. The third kappa shape index (κ3) is 2.74. The van der Waals surface area contributed by atoms with Gasteiger partial charge in [-0.3, -0.25) is 9.59 Å². The number of hydrogen-bond donors (Lipinski definition) is 2. The molecule has 21 heavy (non-hydrogen) atoms. The number of nitrogens with one attached hydrogen (secondary N) is 2. The van der Waals surface area contributed by atoms with Crippen LogP contribution >= 0.6 is 0 Å². The van der Waals surface area contributed by atoms with E-state index in [1.165, 1.54) is 6.07 Å². The molecule has 1 unspecified atom stereocenters. The Morgan fingerprint density at radius 2 is 1.76 bits per heavy atom. The first-order valence-corrected chi connectivity index (χ1v) is 6.66. The highest BCUT2D eigenvalue weighted by atomic mass is 16.2. The zero-order chi connectivity index (χ0) is 14.8. The molecule has 106 valence electrons. The highest BCUT2D eigenvalue weighted by molar-refractivity contribution is 6.05. The summed E-state index contributed by atoms with van der Waals surface area (Å²) in [6.07, 6.45) is 0.446. The number of hydrogen-bond acceptors (Lipinski definition) is 4. The summed E-state index contributed by atoms with van der Waals surface area (Å²) in [5.41, 5.74) is 5.73. The van der Waals surface area contributed by atoms with E-state index in [2.05, 4.69) is 20.7 Å². The minimum absolute atomic E-state index is 0.0553. The van der Waals surface area contributed by atoms with Crippen molar-refractivity contribution in [3.05, 3.63) is 52.3 Å². The Morgan fingerprint density at radius 1 is 1.05 bits per heavy atom. The number of H-pyrrole nitrogens is 1. The molecule has 0 fully saturated rings. The second kappa shape index (κ2) is 5.32. The minimum Gasteiger partial charge on any atom is -0.273 e. The van der Waals surface area contributed by atoms with Crippen LogP contribution in [0.4, 0.5) is 0 Å². The summed E-state index contributed by atoms with van der Waals surface area (Å²) in [4.78, 5) is 22.3. The van der Waals surface area contributed by atoms with Crippen molar-refractivity contribution in [2.24, 2.45) is 11.0 Å². The summed E-state index contributed by atoms with van der Waals surface area (Å²) in [5, 5.41) is 10.5. The van der Waals surface area contributed by atoms with Crippen LogP contribution in [-0.2, 0) is 4.79 Å². The lowest BCUT2D eigenvalue weighted by atomic mass is 9.93. The van der Waals surface area contributed by atoms with Gasteiger partial charge in [-0.15, -0.1) is 0 Å². The van der Waals surface area contributed by atoms with Gasteiger partial charge in [0.1, 0.15) is 0 Å². The predicted molar refractivity (Wildman–Crippen MR) is 78.8 cm³/mol. The van der Waals surface area contributed by atoms with Crippen molar-refractivity contribution >= 4 is 11.6 Å². The van der Waals surface area contributed by atoms with Gasteiger partial charge in [-0.05, 0) is 11.6 Å². The van der Waals surface area contributed by atoms with E-state index in [1.807, 2.05) is 31.2 Å². The van der Waals surface area contributed by atoms with E-state index in [0.29, 0.717) is 12.1 Å². The van der Waals surface area contributed by atoms with Gasteiger partial charge in [-0.25, -0.2) is 10.5 Å². The maximum Gasteiger partial charge on any atom is 0.264 e. The summed E-state index contributed by atoms with van der Waals surface area (Å²) < 4.78 is 0. The average molecular weight is 282 g/mol. The molecule has 1 aliphatic rings. The molecular weight excluding hydrogens is 268 g/mol. The van der Waals surface area contributed by atoms with Crippen LogP contribution in [0.2, 0.25) is 0 Å². The zero-order valence-corrected chi connectivity index (χ0v) is 11.5. The first-order valence-electron chi connectivity index (χ1n) is 6.66. The van der Waals surface area contributed by atoms with Gasteiger partial charge in [0.25, 0.3) is 5.56 Å². The van der Waals surface area contributed by atoms with Crippen molar-refractivity contribution in [2.75, 3.05) is 0 Å². The number of nitrogens with zero attached hydrogens (tertiary/aromatic N) is 2. The van der Waals surface area contributed by atoms with Crippen molar-refractivity contribution < 1.29 is 4.79 Å². The third-order valence-corrected chi connectivity index (χ3v) is 3.41. The highest BCUT2D eigenvalue weighted by Crippen LogP contribution is 2.20. The van der Waals surface area contributed by atoms with Crippen molar-refractivity contribution in [3.63, 3.8) is 0 Å². The number of carbonyl (C=O) groups is 1. The van der Waals surface area contributed by atoms with Crippen LogP contribution in [-0.4, -0.2) is 21.8 Å². The lowest BCUT2D eigenvalue weighted by Gasteiger charge is -2.19. The molecule has 1 aliphatic heterocycles. The molecule has 6 heteroatoms. The molecule has 0 bridgehead atoms. The standard InChI is InChI=1S/C15H14N4O2/c1-9-8-14(21)18-19-15(9)11-4-2-10(3-5-11)12-6-7-13(20)17-16-12/h2-7,9H,8H2,1H3,(H,17,20)(H,18,21). The molecule has 6 nitrogen and oxygen atoms in total. The van der Waals surface area contributed by atoms with E-state index in [0.717, 1.165) is 16.8 Å². The maximum absolute atomic E-state index is 11.3. The van der Waals surface area contributed by atoms with Gasteiger partial charge < -0.3 is 0 Å². The molecule has 1 aromatic carbocycles. The Kier molecular flexibility index (Phi) is 3.35. The molecule has 0 saturated heterocycles. The van der Waals surface area contributed by atoms with Crippen molar-refractivity contribution in [1.29, 1.82) is 0 Å². The largest absolute Gasteiger partial charge is 0.273 e. The SMILES string of the molecule is CC1CC(=O)NN=C1c1ccc(-c2ccc(=O)[nH]n2)cc1. The first-order chi connectivity index (χ1) is 10.1. The molecule has 2 heterocycles. The quantitative estimate of drug-likeness (QED) is 0.870. The van der Waals surface area contributed by atoms with E-state index in [9.17, 15) is 9.59 Å². The van der Waals surface area contributed by atoms with Crippen molar-refractivity contribution in [2.45, 2.75) is 13.3 Å². The summed E-state index contributed by atoms with van der Waals surface area (Å²) in [6, 6.07) is 10.8. The summed E-state index contributed by atoms with van der Waals surface area (Å²) in [6.45, 7) is 1.98. The van der Waals surface area contributed by atoms with E-state index in [4.69, 9.17) is 0 Å². The van der Waals surface area contributed by atoms with E-state index < -0.39 is 0 Å². The predicted octanol–water partition coefficient (Wildman–Crippen LogP) is 1.30. The van der Waals surface area contributed by atoms with Crippen LogP contribution in [0.25, 0.3) is 11.3 Å². The van der Waals surface area contributed by atoms with Crippen molar-refractivity contribution in [3.8, 4) is 11.3 Å². The molecule has 0 spiro atoms. The van der Waals surface area contributed by atoms with Crippen molar-refractivity contribution in [1.82, 2.24) is 15.6 Å². The number of aromatic amines is 1. The Bertz CT molecular complexity index is 741. The fraction of sp³-hybridized carbons (Fsp3) is 0.200. The highest BCUT2D eigenvalue weighted by Gasteiger charge is 2.21. The number of hydrazone groups is 1.